The summed E-state index contributed by atoms with van der Waals surface area (Å²) in [6, 6.07) is 3.18. The second kappa shape index (κ2) is 2.70. The van der Waals surface area contributed by atoms with E-state index in [1.54, 1.807) is 13.0 Å². The van der Waals surface area contributed by atoms with E-state index in [1.165, 1.54) is 12.3 Å². The second-order valence-electron chi connectivity index (χ2n) is 2.96. The predicted molar refractivity (Wildman–Crippen MR) is 42.7 cm³/mol. The van der Waals surface area contributed by atoms with Crippen LogP contribution in [0.25, 0.3) is 5.65 Å². The highest BCUT2D eigenvalue weighted by molar-refractivity contribution is 5.39. The van der Waals surface area contributed by atoms with Gasteiger partial charge in [0.25, 0.3) is 0 Å². The third-order valence-electron chi connectivity index (χ3n) is 1.80. The van der Waals surface area contributed by atoms with Crippen LogP contribution in [0.15, 0.2) is 18.3 Å². The Labute approximate surface area is 77.2 Å². The van der Waals surface area contributed by atoms with E-state index in [-0.39, 0.29) is 5.65 Å². The van der Waals surface area contributed by atoms with Crippen molar-refractivity contribution >= 4 is 5.65 Å². The molecule has 2 aromatic rings. The van der Waals surface area contributed by atoms with E-state index in [9.17, 15) is 13.2 Å². The number of nitrogens with zero attached hydrogens (tertiary/aromatic N) is 3. The van der Waals surface area contributed by atoms with Crippen molar-refractivity contribution in [3.8, 4) is 0 Å². The summed E-state index contributed by atoms with van der Waals surface area (Å²) in [6.07, 6.45) is -3.11. The highest BCUT2D eigenvalue weighted by Gasteiger charge is 2.36. The van der Waals surface area contributed by atoms with Crippen molar-refractivity contribution in [2.45, 2.75) is 13.1 Å². The minimum absolute atomic E-state index is 0.197. The van der Waals surface area contributed by atoms with Gasteiger partial charge in [-0.05, 0) is 18.6 Å². The van der Waals surface area contributed by atoms with E-state index in [1.807, 2.05) is 0 Å². The molecule has 0 N–H and O–H groups in total. The number of halogens is 3. The molecule has 0 aromatic carbocycles. The molecule has 74 valence electrons. The lowest BCUT2D eigenvalue weighted by Gasteiger charge is -2.03. The normalized spacial score (nSPS) is 12.3. The van der Waals surface area contributed by atoms with Crippen molar-refractivity contribution < 1.29 is 13.2 Å². The first-order valence-corrected chi connectivity index (χ1v) is 3.87. The third kappa shape index (κ3) is 1.32. The number of aromatic nitrogens is 3. The van der Waals surface area contributed by atoms with Gasteiger partial charge in [0, 0.05) is 6.20 Å². The van der Waals surface area contributed by atoms with Crippen molar-refractivity contribution in [2.24, 2.45) is 0 Å². The second-order valence-corrected chi connectivity index (χ2v) is 2.96. The van der Waals surface area contributed by atoms with Crippen LogP contribution in [-0.4, -0.2) is 14.6 Å². The molecular formula is C8H6F3N3. The molecule has 0 saturated carbocycles. The quantitative estimate of drug-likeness (QED) is 0.653. The topological polar surface area (TPSA) is 30.2 Å². The van der Waals surface area contributed by atoms with Gasteiger partial charge in [0.05, 0.1) is 0 Å². The van der Waals surface area contributed by atoms with Crippen LogP contribution in [-0.2, 0) is 6.18 Å². The Hall–Kier alpha value is -1.59. The maximum Gasteiger partial charge on any atom is 0.452 e. The zero-order valence-electron chi connectivity index (χ0n) is 7.21. The van der Waals surface area contributed by atoms with Gasteiger partial charge in [0.2, 0.25) is 5.82 Å². The molecule has 0 saturated heterocycles. The standard InChI is InChI=1S/C8H6F3N3/c1-5-2-3-6-12-13-7(8(9,10)11)14(6)4-5/h2-4H,1H3. The molecule has 0 unspecified atom stereocenters. The number of aryl methyl sites for hydroxylation is 1. The van der Waals surface area contributed by atoms with Gasteiger partial charge in [0.1, 0.15) is 0 Å². The fourth-order valence-corrected chi connectivity index (χ4v) is 1.19. The maximum atomic E-state index is 12.4. The van der Waals surface area contributed by atoms with Crippen LogP contribution < -0.4 is 0 Å². The number of rotatable bonds is 0. The highest BCUT2D eigenvalue weighted by Crippen LogP contribution is 2.27. The number of hydrogen-bond donors (Lipinski definition) is 0. The molecular weight excluding hydrogens is 195 g/mol. The molecule has 0 atom stereocenters. The zero-order valence-corrected chi connectivity index (χ0v) is 7.21. The molecule has 3 nitrogen and oxygen atoms in total. The van der Waals surface area contributed by atoms with Gasteiger partial charge >= 0.3 is 6.18 Å². The summed E-state index contributed by atoms with van der Waals surface area (Å²) >= 11 is 0. The highest BCUT2D eigenvalue weighted by atomic mass is 19.4. The van der Waals surface area contributed by atoms with E-state index in [4.69, 9.17) is 0 Å². The van der Waals surface area contributed by atoms with Gasteiger partial charge in [-0.3, -0.25) is 4.40 Å². The Morgan fingerprint density at radius 1 is 1.21 bits per heavy atom. The first kappa shape index (κ1) is 8.98. The van der Waals surface area contributed by atoms with Gasteiger partial charge in [-0.25, -0.2) is 0 Å². The molecule has 0 aliphatic heterocycles. The molecule has 2 aromatic heterocycles. The van der Waals surface area contributed by atoms with Crippen molar-refractivity contribution in [1.82, 2.24) is 14.6 Å². The molecule has 6 heteroatoms. The monoisotopic (exact) mass is 201 g/mol. The first-order valence-electron chi connectivity index (χ1n) is 3.87. The average Bonchev–Trinajstić information content (AvgIpc) is 2.45. The summed E-state index contributed by atoms with van der Waals surface area (Å²) in [5, 5.41) is 6.51. The van der Waals surface area contributed by atoms with E-state index < -0.39 is 12.0 Å². The lowest BCUT2D eigenvalue weighted by atomic mass is 10.3. The molecule has 14 heavy (non-hydrogen) atoms. The summed E-state index contributed by atoms with van der Waals surface area (Å²) in [5.74, 6) is -0.990. The zero-order chi connectivity index (χ0) is 10.3. The fourth-order valence-electron chi connectivity index (χ4n) is 1.19. The van der Waals surface area contributed by atoms with Gasteiger partial charge < -0.3 is 0 Å². The van der Waals surface area contributed by atoms with Crippen LogP contribution in [0.5, 0.6) is 0 Å². The largest absolute Gasteiger partial charge is 0.452 e. The number of alkyl halides is 3. The van der Waals surface area contributed by atoms with E-state index in [2.05, 4.69) is 10.2 Å². The van der Waals surface area contributed by atoms with Crippen LogP contribution >= 0.6 is 0 Å². The molecule has 0 spiro atoms. The van der Waals surface area contributed by atoms with Gasteiger partial charge in [-0.1, -0.05) is 6.07 Å². The molecule has 0 amide bonds. The van der Waals surface area contributed by atoms with Crippen molar-refractivity contribution in [1.29, 1.82) is 0 Å². The van der Waals surface area contributed by atoms with Crippen LogP contribution in [0, 0.1) is 6.92 Å². The fraction of sp³-hybridized carbons (Fsp3) is 0.250. The van der Waals surface area contributed by atoms with Crippen LogP contribution in [0.2, 0.25) is 0 Å². The molecule has 0 aliphatic rings. The number of hydrogen-bond acceptors (Lipinski definition) is 2. The number of pyridine rings is 1. The Kier molecular flexibility index (Phi) is 1.73. The average molecular weight is 201 g/mol. The predicted octanol–water partition coefficient (Wildman–Crippen LogP) is 2.06. The van der Waals surface area contributed by atoms with Crippen LogP contribution in [0.3, 0.4) is 0 Å². The maximum absolute atomic E-state index is 12.4. The van der Waals surface area contributed by atoms with E-state index in [0.717, 1.165) is 9.96 Å². The molecule has 0 radical (unpaired) electrons. The minimum Gasteiger partial charge on any atom is -0.279 e. The smallest absolute Gasteiger partial charge is 0.279 e. The number of fused-ring (bicyclic) bond motifs is 1. The summed E-state index contributed by atoms with van der Waals surface area (Å²) in [5.41, 5.74) is 0.922. The lowest BCUT2D eigenvalue weighted by Crippen LogP contribution is -2.10. The molecule has 0 fully saturated rings. The van der Waals surface area contributed by atoms with Crippen LogP contribution in [0.4, 0.5) is 13.2 Å². The third-order valence-corrected chi connectivity index (χ3v) is 1.80. The van der Waals surface area contributed by atoms with Crippen molar-refractivity contribution in [2.75, 3.05) is 0 Å². The molecule has 0 bridgehead atoms. The molecule has 2 rings (SSSR count). The summed E-state index contributed by atoms with van der Waals surface area (Å²) in [7, 11) is 0. The minimum atomic E-state index is -4.47. The molecule has 2 heterocycles. The van der Waals surface area contributed by atoms with Crippen LogP contribution in [0.1, 0.15) is 11.4 Å². The SMILES string of the molecule is Cc1ccc2nnc(C(F)(F)F)n2c1. The van der Waals surface area contributed by atoms with Crippen molar-refractivity contribution in [3.05, 3.63) is 29.7 Å². The summed E-state index contributed by atoms with van der Waals surface area (Å²) in [6.45, 7) is 1.71. The Balaban J connectivity index is 2.73. The lowest BCUT2D eigenvalue weighted by molar-refractivity contribution is -0.145. The summed E-state index contributed by atoms with van der Waals surface area (Å²) in [4.78, 5) is 0. The van der Waals surface area contributed by atoms with E-state index in [0.29, 0.717) is 0 Å². The Bertz CT molecular complexity index is 472. The van der Waals surface area contributed by atoms with Crippen molar-refractivity contribution in [3.63, 3.8) is 0 Å². The summed E-state index contributed by atoms with van der Waals surface area (Å²) < 4.78 is 38.0. The Morgan fingerprint density at radius 3 is 2.57 bits per heavy atom. The molecule has 0 aliphatic carbocycles. The van der Waals surface area contributed by atoms with Gasteiger partial charge in [-0.2, -0.15) is 13.2 Å². The first-order chi connectivity index (χ1) is 6.48. The Morgan fingerprint density at radius 2 is 1.93 bits per heavy atom. The van der Waals surface area contributed by atoms with Gasteiger partial charge in [0.15, 0.2) is 5.65 Å². The van der Waals surface area contributed by atoms with Gasteiger partial charge in [-0.15, -0.1) is 10.2 Å². The van der Waals surface area contributed by atoms with E-state index >= 15 is 0 Å².